The minimum atomic E-state index is -0.00153. The van der Waals surface area contributed by atoms with E-state index in [0.29, 0.717) is 6.42 Å². The van der Waals surface area contributed by atoms with Crippen LogP contribution in [0.25, 0.3) is 0 Å². The van der Waals surface area contributed by atoms with Crippen molar-refractivity contribution in [1.29, 1.82) is 0 Å². The summed E-state index contributed by atoms with van der Waals surface area (Å²) in [6.07, 6.45) is 1.35. The third-order valence-electron chi connectivity index (χ3n) is 3.22. The van der Waals surface area contributed by atoms with Gasteiger partial charge in [0.1, 0.15) is 0 Å². The van der Waals surface area contributed by atoms with Gasteiger partial charge in [-0.15, -0.1) is 0 Å². The molecule has 0 aliphatic heterocycles. The van der Waals surface area contributed by atoms with Gasteiger partial charge in [-0.2, -0.15) is 0 Å². The first-order valence-corrected chi connectivity index (χ1v) is 7.36. The van der Waals surface area contributed by atoms with Crippen molar-refractivity contribution in [1.82, 2.24) is 0 Å². The molecule has 0 spiro atoms. The molecule has 21 heavy (non-hydrogen) atoms. The van der Waals surface area contributed by atoms with Crippen LogP contribution in [0.5, 0.6) is 0 Å². The summed E-state index contributed by atoms with van der Waals surface area (Å²) in [5.74, 6) is 0.0722. The van der Waals surface area contributed by atoms with Crippen LogP contribution >= 0.6 is 0 Å². The fourth-order valence-electron chi connectivity index (χ4n) is 2.29. The van der Waals surface area contributed by atoms with Gasteiger partial charge in [0.15, 0.2) is 0 Å². The standard InChI is InChI=1S/C19H23NO/c1-19(2,3)14-18(21)20-17-12-8-7-11-16(17)13-15-9-5-4-6-10-15/h4-12H,13-14H2,1-3H3,(H,20,21). The molecule has 0 heterocycles. The fraction of sp³-hybridized carbons (Fsp3) is 0.316. The Morgan fingerprint density at radius 3 is 2.24 bits per heavy atom. The number of anilines is 1. The van der Waals surface area contributed by atoms with Crippen molar-refractivity contribution in [3.63, 3.8) is 0 Å². The Hall–Kier alpha value is -2.09. The van der Waals surface area contributed by atoms with Crippen molar-refractivity contribution < 1.29 is 4.79 Å². The highest BCUT2D eigenvalue weighted by Crippen LogP contribution is 2.22. The van der Waals surface area contributed by atoms with E-state index in [1.165, 1.54) is 5.56 Å². The zero-order valence-corrected chi connectivity index (χ0v) is 13.0. The molecule has 0 bridgehead atoms. The second kappa shape index (κ2) is 6.57. The van der Waals surface area contributed by atoms with Gasteiger partial charge in [0.25, 0.3) is 0 Å². The van der Waals surface area contributed by atoms with E-state index in [1.54, 1.807) is 0 Å². The molecule has 2 aromatic rings. The maximum atomic E-state index is 12.1. The van der Waals surface area contributed by atoms with E-state index in [-0.39, 0.29) is 11.3 Å². The van der Waals surface area contributed by atoms with Gasteiger partial charge in [-0.05, 0) is 29.0 Å². The summed E-state index contributed by atoms with van der Waals surface area (Å²) in [6.45, 7) is 6.22. The summed E-state index contributed by atoms with van der Waals surface area (Å²) in [4.78, 5) is 12.1. The van der Waals surface area contributed by atoms with Crippen LogP contribution < -0.4 is 5.32 Å². The Balaban J connectivity index is 2.12. The second-order valence-electron chi connectivity index (χ2n) is 6.61. The van der Waals surface area contributed by atoms with Crippen molar-refractivity contribution in [2.75, 3.05) is 5.32 Å². The molecule has 0 saturated carbocycles. The molecule has 0 unspecified atom stereocenters. The number of carbonyl (C=O) groups excluding carboxylic acids is 1. The highest BCUT2D eigenvalue weighted by molar-refractivity contribution is 5.91. The Kier molecular flexibility index (Phi) is 4.79. The molecule has 2 nitrogen and oxygen atoms in total. The molecule has 0 fully saturated rings. The molecule has 1 N–H and O–H groups in total. The molecule has 0 atom stereocenters. The number of amides is 1. The first-order chi connectivity index (χ1) is 9.94. The number of rotatable bonds is 4. The molecule has 0 aliphatic rings. The van der Waals surface area contributed by atoms with Crippen molar-refractivity contribution in [3.8, 4) is 0 Å². The SMILES string of the molecule is CC(C)(C)CC(=O)Nc1ccccc1Cc1ccccc1. The van der Waals surface area contributed by atoms with Crippen LogP contribution in [0.4, 0.5) is 5.69 Å². The molecule has 0 aromatic heterocycles. The number of hydrogen-bond acceptors (Lipinski definition) is 1. The van der Waals surface area contributed by atoms with Crippen LogP contribution in [0.2, 0.25) is 0 Å². The van der Waals surface area contributed by atoms with Crippen LogP contribution in [0.3, 0.4) is 0 Å². The predicted molar refractivity (Wildman–Crippen MR) is 88.4 cm³/mol. The number of benzene rings is 2. The molecule has 0 radical (unpaired) electrons. The molecular formula is C19H23NO. The van der Waals surface area contributed by atoms with Crippen molar-refractivity contribution in [3.05, 3.63) is 65.7 Å². The van der Waals surface area contributed by atoms with Crippen LogP contribution in [-0.4, -0.2) is 5.91 Å². The number of para-hydroxylation sites is 1. The third-order valence-corrected chi connectivity index (χ3v) is 3.22. The van der Waals surface area contributed by atoms with E-state index in [0.717, 1.165) is 17.7 Å². The van der Waals surface area contributed by atoms with E-state index in [1.807, 2.05) is 36.4 Å². The predicted octanol–water partition coefficient (Wildman–Crippen LogP) is 4.65. The molecule has 0 saturated heterocycles. The van der Waals surface area contributed by atoms with E-state index in [2.05, 4.69) is 44.3 Å². The van der Waals surface area contributed by atoms with Gasteiger partial charge >= 0.3 is 0 Å². The largest absolute Gasteiger partial charge is 0.326 e. The number of nitrogens with one attached hydrogen (secondary N) is 1. The first-order valence-electron chi connectivity index (χ1n) is 7.36. The number of hydrogen-bond donors (Lipinski definition) is 1. The van der Waals surface area contributed by atoms with Gasteiger partial charge < -0.3 is 5.32 Å². The summed E-state index contributed by atoms with van der Waals surface area (Å²) >= 11 is 0. The lowest BCUT2D eigenvalue weighted by molar-refractivity contribution is -0.117. The summed E-state index contributed by atoms with van der Waals surface area (Å²) < 4.78 is 0. The molecule has 0 aliphatic carbocycles. The quantitative estimate of drug-likeness (QED) is 0.868. The van der Waals surface area contributed by atoms with E-state index in [9.17, 15) is 4.79 Å². The van der Waals surface area contributed by atoms with Crippen molar-refractivity contribution in [2.24, 2.45) is 5.41 Å². The zero-order chi connectivity index (χ0) is 15.3. The van der Waals surface area contributed by atoms with Crippen LogP contribution in [0, 0.1) is 5.41 Å². The van der Waals surface area contributed by atoms with Gasteiger partial charge in [-0.25, -0.2) is 0 Å². The Labute approximate surface area is 127 Å². The topological polar surface area (TPSA) is 29.1 Å². The monoisotopic (exact) mass is 281 g/mol. The van der Waals surface area contributed by atoms with Gasteiger partial charge in [0.05, 0.1) is 0 Å². The average molecular weight is 281 g/mol. The van der Waals surface area contributed by atoms with Crippen LogP contribution in [0.1, 0.15) is 38.3 Å². The molecule has 2 rings (SSSR count). The molecule has 2 aromatic carbocycles. The van der Waals surface area contributed by atoms with E-state index >= 15 is 0 Å². The van der Waals surface area contributed by atoms with Gasteiger partial charge in [-0.3, -0.25) is 4.79 Å². The maximum absolute atomic E-state index is 12.1. The van der Waals surface area contributed by atoms with Gasteiger partial charge in [-0.1, -0.05) is 69.3 Å². The van der Waals surface area contributed by atoms with Crippen molar-refractivity contribution >= 4 is 11.6 Å². The fourth-order valence-corrected chi connectivity index (χ4v) is 2.29. The molecular weight excluding hydrogens is 258 g/mol. The number of carbonyl (C=O) groups is 1. The highest BCUT2D eigenvalue weighted by atomic mass is 16.1. The highest BCUT2D eigenvalue weighted by Gasteiger charge is 2.16. The maximum Gasteiger partial charge on any atom is 0.224 e. The molecule has 110 valence electrons. The Morgan fingerprint density at radius 2 is 1.57 bits per heavy atom. The minimum absolute atomic E-state index is 0.00153. The summed E-state index contributed by atoms with van der Waals surface area (Å²) in [7, 11) is 0. The first kappa shape index (κ1) is 15.3. The lowest BCUT2D eigenvalue weighted by Crippen LogP contribution is -2.20. The van der Waals surface area contributed by atoms with Crippen LogP contribution in [-0.2, 0) is 11.2 Å². The van der Waals surface area contributed by atoms with Crippen molar-refractivity contribution in [2.45, 2.75) is 33.6 Å². The normalized spacial score (nSPS) is 11.2. The lowest BCUT2D eigenvalue weighted by atomic mass is 9.92. The Bertz CT molecular complexity index is 596. The summed E-state index contributed by atoms with van der Waals surface area (Å²) in [6, 6.07) is 18.3. The smallest absolute Gasteiger partial charge is 0.224 e. The zero-order valence-electron chi connectivity index (χ0n) is 13.0. The van der Waals surface area contributed by atoms with E-state index < -0.39 is 0 Å². The third kappa shape index (κ3) is 5.07. The average Bonchev–Trinajstić information content (AvgIpc) is 2.40. The van der Waals surface area contributed by atoms with Crippen LogP contribution in [0.15, 0.2) is 54.6 Å². The molecule has 1 amide bonds. The summed E-state index contributed by atoms with van der Waals surface area (Å²) in [5, 5.41) is 3.05. The summed E-state index contributed by atoms with van der Waals surface area (Å²) in [5.41, 5.74) is 3.30. The second-order valence-corrected chi connectivity index (χ2v) is 6.61. The van der Waals surface area contributed by atoms with E-state index in [4.69, 9.17) is 0 Å². The lowest BCUT2D eigenvalue weighted by Gasteiger charge is -2.18. The van der Waals surface area contributed by atoms with Gasteiger partial charge in [0, 0.05) is 12.1 Å². The minimum Gasteiger partial charge on any atom is -0.326 e. The Morgan fingerprint density at radius 1 is 0.952 bits per heavy atom. The van der Waals surface area contributed by atoms with Gasteiger partial charge in [0.2, 0.25) is 5.91 Å². The molecule has 2 heteroatoms.